The second-order valence-electron chi connectivity index (χ2n) is 9.16. The number of pyridine rings is 2. The number of aromatic nitrogens is 6. The van der Waals surface area contributed by atoms with Crippen LogP contribution in [0.3, 0.4) is 0 Å². The van der Waals surface area contributed by atoms with Gasteiger partial charge in [0.1, 0.15) is 28.7 Å². The number of nitriles is 1. The largest absolute Gasteiger partial charge is 0.454 e. The fraction of sp³-hybridized carbons (Fsp3) is 0.333. The first-order chi connectivity index (χ1) is 17.8. The van der Waals surface area contributed by atoms with Crippen molar-refractivity contribution in [2.45, 2.75) is 25.8 Å². The fourth-order valence-corrected chi connectivity index (χ4v) is 4.16. The van der Waals surface area contributed by atoms with Gasteiger partial charge in [0, 0.05) is 43.5 Å². The van der Waals surface area contributed by atoms with Gasteiger partial charge in [-0.25, -0.2) is 14.8 Å². The zero-order chi connectivity index (χ0) is 26.2. The van der Waals surface area contributed by atoms with E-state index in [1.807, 2.05) is 10.7 Å². The van der Waals surface area contributed by atoms with Crippen molar-refractivity contribution in [3.8, 4) is 17.6 Å². The predicted octanol–water partition coefficient (Wildman–Crippen LogP) is 3.03. The Morgan fingerprint density at radius 3 is 2.89 bits per heavy atom. The number of urea groups is 1. The SMILES string of the molecule is CNC(=O)Nc1cc(Oc2cnc3nc(Nc4cc5n(n4)CCOCC5(C)C)n(C)c3c2C#N)ccn1. The van der Waals surface area contributed by atoms with Gasteiger partial charge in [0.15, 0.2) is 17.2 Å². The lowest BCUT2D eigenvalue weighted by molar-refractivity contribution is 0.103. The minimum absolute atomic E-state index is 0.180. The summed E-state index contributed by atoms with van der Waals surface area (Å²) < 4.78 is 15.4. The number of hydrogen-bond acceptors (Lipinski definition) is 9. The Labute approximate surface area is 212 Å². The number of carbonyl (C=O) groups excluding carboxylic acids is 1. The van der Waals surface area contributed by atoms with Crippen molar-refractivity contribution < 1.29 is 14.3 Å². The summed E-state index contributed by atoms with van der Waals surface area (Å²) in [6, 6.07) is 6.96. The molecule has 0 bridgehead atoms. The first kappa shape index (κ1) is 24.0. The Hall–Kier alpha value is -4.70. The molecule has 1 aliphatic heterocycles. The number of hydrogen-bond donors (Lipinski definition) is 3. The first-order valence-electron chi connectivity index (χ1n) is 11.6. The van der Waals surface area contributed by atoms with E-state index < -0.39 is 6.03 Å². The maximum Gasteiger partial charge on any atom is 0.320 e. The van der Waals surface area contributed by atoms with Crippen LogP contribution in [0, 0.1) is 11.3 Å². The highest BCUT2D eigenvalue weighted by atomic mass is 16.5. The standard InChI is InChI=1S/C24H26N10O3/c1-24(2)13-36-8-7-34-17(24)10-19(32-34)29-22-31-21-20(33(22)4)15(11-25)16(12-28-21)37-14-5-6-27-18(9-14)30-23(35)26-3/h5-6,9-10,12H,7-8,13H2,1-4H3,(H2,26,27,30,35)(H,28,29,31,32). The summed E-state index contributed by atoms with van der Waals surface area (Å²) in [6.45, 7) is 6.12. The van der Waals surface area contributed by atoms with Crippen molar-refractivity contribution in [1.82, 2.24) is 34.6 Å². The van der Waals surface area contributed by atoms with Gasteiger partial charge < -0.3 is 24.7 Å². The molecule has 0 spiro atoms. The maximum atomic E-state index is 11.6. The summed E-state index contributed by atoms with van der Waals surface area (Å²) >= 11 is 0. The van der Waals surface area contributed by atoms with Crippen LogP contribution in [0.15, 0.2) is 30.6 Å². The average Bonchev–Trinajstić information content (AvgIpc) is 3.39. The van der Waals surface area contributed by atoms with Crippen LogP contribution in [-0.2, 0) is 23.7 Å². The van der Waals surface area contributed by atoms with E-state index in [1.54, 1.807) is 23.7 Å². The van der Waals surface area contributed by atoms with Gasteiger partial charge in [-0.3, -0.25) is 10.00 Å². The number of imidazole rings is 1. The molecule has 0 unspecified atom stereocenters. The van der Waals surface area contributed by atoms with Crippen molar-refractivity contribution in [3.05, 3.63) is 41.9 Å². The molecule has 0 aliphatic carbocycles. The van der Waals surface area contributed by atoms with Crippen molar-refractivity contribution >= 4 is 34.8 Å². The Morgan fingerprint density at radius 2 is 2.11 bits per heavy atom. The average molecular weight is 503 g/mol. The Morgan fingerprint density at radius 1 is 1.27 bits per heavy atom. The second-order valence-corrected chi connectivity index (χ2v) is 9.16. The maximum absolute atomic E-state index is 11.6. The molecule has 5 heterocycles. The molecular weight excluding hydrogens is 476 g/mol. The number of ether oxygens (including phenoxy) is 2. The van der Waals surface area contributed by atoms with Crippen LogP contribution in [0.4, 0.5) is 22.4 Å². The third kappa shape index (κ3) is 4.62. The normalized spacial score (nSPS) is 14.4. The highest BCUT2D eigenvalue weighted by molar-refractivity contribution is 5.88. The molecule has 0 atom stereocenters. The Balaban J connectivity index is 1.45. The quantitative estimate of drug-likeness (QED) is 0.373. The highest BCUT2D eigenvalue weighted by Gasteiger charge is 2.29. The van der Waals surface area contributed by atoms with Crippen LogP contribution in [0.1, 0.15) is 25.1 Å². The third-order valence-electron chi connectivity index (χ3n) is 6.03. The molecule has 0 radical (unpaired) electrons. The number of rotatable bonds is 5. The Bertz CT molecular complexity index is 1530. The summed E-state index contributed by atoms with van der Waals surface area (Å²) in [5.74, 6) is 2.05. The molecule has 5 rings (SSSR count). The number of fused-ring (bicyclic) bond motifs is 2. The minimum atomic E-state index is -0.411. The molecular formula is C24H26N10O3. The van der Waals surface area contributed by atoms with E-state index >= 15 is 0 Å². The molecule has 4 aromatic rings. The van der Waals surface area contributed by atoms with Crippen molar-refractivity contribution in [2.75, 3.05) is 30.9 Å². The van der Waals surface area contributed by atoms with Crippen molar-refractivity contribution in [1.29, 1.82) is 5.26 Å². The number of nitrogens with one attached hydrogen (secondary N) is 3. The van der Waals surface area contributed by atoms with Gasteiger partial charge >= 0.3 is 6.03 Å². The van der Waals surface area contributed by atoms with E-state index in [1.165, 1.54) is 19.4 Å². The van der Waals surface area contributed by atoms with E-state index in [0.29, 0.717) is 54.3 Å². The molecule has 0 fully saturated rings. The van der Waals surface area contributed by atoms with E-state index in [4.69, 9.17) is 9.47 Å². The van der Waals surface area contributed by atoms with Gasteiger partial charge in [-0.05, 0) is 6.07 Å². The summed E-state index contributed by atoms with van der Waals surface area (Å²) in [7, 11) is 3.30. The molecule has 4 aromatic heterocycles. The molecule has 2 amide bonds. The van der Waals surface area contributed by atoms with Gasteiger partial charge in [-0.15, -0.1) is 0 Å². The lowest BCUT2D eigenvalue weighted by Gasteiger charge is -2.21. The molecule has 13 heteroatoms. The molecule has 0 saturated heterocycles. The molecule has 0 saturated carbocycles. The summed E-state index contributed by atoms with van der Waals surface area (Å²) in [6.07, 6.45) is 2.94. The summed E-state index contributed by atoms with van der Waals surface area (Å²) in [4.78, 5) is 24.7. The van der Waals surface area contributed by atoms with Crippen LogP contribution in [0.25, 0.3) is 11.2 Å². The van der Waals surface area contributed by atoms with E-state index in [9.17, 15) is 10.1 Å². The van der Waals surface area contributed by atoms with Crippen molar-refractivity contribution in [3.63, 3.8) is 0 Å². The van der Waals surface area contributed by atoms with Crippen LogP contribution in [0.5, 0.6) is 11.5 Å². The molecule has 13 nitrogen and oxygen atoms in total. The molecule has 190 valence electrons. The summed E-state index contributed by atoms with van der Waals surface area (Å²) in [5.41, 5.74) is 2.06. The van der Waals surface area contributed by atoms with Crippen molar-refractivity contribution in [2.24, 2.45) is 7.05 Å². The monoisotopic (exact) mass is 502 g/mol. The summed E-state index contributed by atoms with van der Waals surface area (Å²) in [5, 5.41) is 23.0. The zero-order valence-electron chi connectivity index (χ0n) is 20.9. The fourth-order valence-electron chi connectivity index (χ4n) is 4.16. The van der Waals surface area contributed by atoms with E-state index in [0.717, 1.165) is 5.69 Å². The van der Waals surface area contributed by atoms with Crippen LogP contribution in [-0.4, -0.2) is 55.6 Å². The van der Waals surface area contributed by atoms with Crippen LogP contribution < -0.4 is 20.7 Å². The van der Waals surface area contributed by atoms with Gasteiger partial charge in [-0.1, -0.05) is 13.8 Å². The number of amides is 2. The van der Waals surface area contributed by atoms with Gasteiger partial charge in [0.2, 0.25) is 5.95 Å². The number of anilines is 3. The van der Waals surface area contributed by atoms with E-state index in [2.05, 4.69) is 55.9 Å². The highest BCUT2D eigenvalue weighted by Crippen LogP contribution is 2.33. The Kier molecular flexibility index (Phi) is 6.10. The smallest absolute Gasteiger partial charge is 0.320 e. The lowest BCUT2D eigenvalue weighted by atomic mass is 9.90. The zero-order valence-corrected chi connectivity index (χ0v) is 20.9. The predicted molar refractivity (Wildman–Crippen MR) is 135 cm³/mol. The molecule has 0 aromatic carbocycles. The van der Waals surface area contributed by atoms with Gasteiger partial charge in [0.05, 0.1) is 26.0 Å². The van der Waals surface area contributed by atoms with Crippen LogP contribution >= 0.6 is 0 Å². The number of carbonyl (C=O) groups is 1. The first-order valence-corrected chi connectivity index (χ1v) is 11.6. The second kappa shape index (κ2) is 9.40. The van der Waals surface area contributed by atoms with E-state index in [-0.39, 0.29) is 16.7 Å². The van der Waals surface area contributed by atoms with Gasteiger partial charge in [-0.2, -0.15) is 15.3 Å². The van der Waals surface area contributed by atoms with Crippen LogP contribution in [0.2, 0.25) is 0 Å². The third-order valence-corrected chi connectivity index (χ3v) is 6.03. The molecule has 1 aliphatic rings. The number of nitrogens with zero attached hydrogens (tertiary/aromatic N) is 7. The van der Waals surface area contributed by atoms with Gasteiger partial charge in [0.25, 0.3) is 0 Å². The lowest BCUT2D eigenvalue weighted by Crippen LogP contribution is -2.24. The molecule has 3 N–H and O–H groups in total. The topological polar surface area (TPSA) is 157 Å². The minimum Gasteiger partial charge on any atom is -0.454 e. The number of aryl methyl sites for hydroxylation is 1. The molecule has 37 heavy (non-hydrogen) atoms.